The van der Waals surface area contributed by atoms with Crippen LogP contribution in [0.4, 0.5) is 5.69 Å². The summed E-state index contributed by atoms with van der Waals surface area (Å²) in [6.07, 6.45) is 0. The average molecular weight is 301 g/mol. The zero-order valence-corrected chi connectivity index (χ0v) is 11.4. The molecule has 1 rings (SSSR count). The molecule has 16 heavy (non-hydrogen) atoms. The van der Waals surface area contributed by atoms with E-state index in [9.17, 15) is 4.79 Å². The molecule has 0 aliphatic carbocycles. The molecule has 0 aromatic heterocycles. The van der Waals surface area contributed by atoms with E-state index in [0.29, 0.717) is 10.7 Å². The van der Waals surface area contributed by atoms with Crippen molar-refractivity contribution in [2.24, 2.45) is 0 Å². The first-order valence-corrected chi connectivity index (χ1v) is 6.05. The number of carbonyl (C=O) groups excluding carboxylic acids is 1. The maximum Gasteiger partial charge on any atom is 0.262 e. The van der Waals surface area contributed by atoms with Gasteiger partial charge in [0, 0.05) is 10.7 Å². The zero-order valence-electron chi connectivity index (χ0n) is 8.36. The molecule has 1 amide bonds. The summed E-state index contributed by atoms with van der Waals surface area (Å²) >= 11 is 22.7. The summed E-state index contributed by atoms with van der Waals surface area (Å²) in [5.74, 6) is -0.745. The minimum Gasteiger partial charge on any atom is -0.323 e. The smallest absolute Gasteiger partial charge is 0.262 e. The van der Waals surface area contributed by atoms with Gasteiger partial charge in [0.15, 0.2) is 0 Å². The maximum atomic E-state index is 11.6. The molecule has 0 unspecified atom stereocenters. The Bertz CT molecular complexity index is 406. The molecule has 0 aliphatic heterocycles. The van der Waals surface area contributed by atoms with Crippen molar-refractivity contribution in [3.8, 4) is 0 Å². The minimum atomic E-state index is -1.63. The van der Waals surface area contributed by atoms with Gasteiger partial charge in [0.05, 0.1) is 5.88 Å². The van der Waals surface area contributed by atoms with Crippen molar-refractivity contribution in [1.29, 1.82) is 0 Å². The number of rotatable bonds is 3. The average Bonchev–Trinajstić information content (AvgIpc) is 2.22. The summed E-state index contributed by atoms with van der Waals surface area (Å²) in [6, 6.07) is 5.06. The number of hydrogen-bond donors (Lipinski definition) is 1. The molecule has 1 N–H and O–H groups in total. The fraction of sp³-hybridized carbons (Fsp3) is 0.300. The van der Waals surface area contributed by atoms with Gasteiger partial charge in [0.2, 0.25) is 4.33 Å². The first-order chi connectivity index (χ1) is 7.36. The Morgan fingerprint density at radius 2 is 2.06 bits per heavy atom. The molecular weight excluding hydrogens is 292 g/mol. The number of nitrogens with one attached hydrogen (secondary N) is 1. The number of alkyl halides is 3. The highest BCUT2D eigenvalue weighted by Crippen LogP contribution is 2.26. The normalized spacial score (nSPS) is 11.3. The van der Waals surface area contributed by atoms with Gasteiger partial charge in [-0.05, 0) is 30.7 Å². The first kappa shape index (κ1) is 13.9. The van der Waals surface area contributed by atoms with Gasteiger partial charge in [0.1, 0.15) is 0 Å². The van der Waals surface area contributed by atoms with Crippen LogP contribution in [0.25, 0.3) is 0 Å². The van der Waals surface area contributed by atoms with E-state index in [0.717, 1.165) is 5.56 Å². The fourth-order valence-corrected chi connectivity index (χ4v) is 1.48. The fourth-order valence-electron chi connectivity index (χ4n) is 1.04. The topological polar surface area (TPSA) is 29.1 Å². The minimum absolute atomic E-state index is 0.186. The van der Waals surface area contributed by atoms with Crippen LogP contribution in [0.2, 0.25) is 5.02 Å². The first-order valence-electron chi connectivity index (χ1n) is 4.38. The Balaban J connectivity index is 2.85. The predicted molar refractivity (Wildman–Crippen MR) is 70.0 cm³/mol. The van der Waals surface area contributed by atoms with Gasteiger partial charge in [-0.15, -0.1) is 11.6 Å². The second-order valence-electron chi connectivity index (χ2n) is 3.25. The third-order valence-electron chi connectivity index (χ3n) is 1.94. The van der Waals surface area contributed by atoms with Gasteiger partial charge >= 0.3 is 0 Å². The van der Waals surface area contributed by atoms with E-state index in [2.05, 4.69) is 5.32 Å². The molecule has 0 saturated heterocycles. The van der Waals surface area contributed by atoms with E-state index in [1.165, 1.54) is 0 Å². The Morgan fingerprint density at radius 3 is 2.56 bits per heavy atom. The molecule has 88 valence electrons. The van der Waals surface area contributed by atoms with Crippen LogP contribution < -0.4 is 5.32 Å². The number of benzene rings is 1. The van der Waals surface area contributed by atoms with Gasteiger partial charge in [0.25, 0.3) is 5.91 Å². The van der Waals surface area contributed by atoms with Crippen molar-refractivity contribution in [2.45, 2.75) is 11.3 Å². The predicted octanol–water partition coefficient (Wildman–Crippen LogP) is 4.00. The SMILES string of the molecule is Cc1cc(Cl)ccc1NC(=O)C(Cl)(Cl)CCl. The van der Waals surface area contributed by atoms with Crippen LogP contribution in [-0.4, -0.2) is 16.1 Å². The molecule has 0 aliphatic rings. The standard InChI is InChI=1S/C10H9Cl4NO/c1-6-4-7(12)2-3-8(6)15-9(16)10(13,14)5-11/h2-4H,5H2,1H3,(H,15,16). The molecular formula is C10H9Cl4NO. The highest BCUT2D eigenvalue weighted by Gasteiger charge is 2.32. The zero-order chi connectivity index (χ0) is 12.3. The molecule has 0 saturated carbocycles. The van der Waals surface area contributed by atoms with Gasteiger partial charge in [-0.1, -0.05) is 34.8 Å². The number of hydrogen-bond acceptors (Lipinski definition) is 1. The molecule has 0 bridgehead atoms. The number of anilines is 1. The van der Waals surface area contributed by atoms with Crippen molar-refractivity contribution in [1.82, 2.24) is 0 Å². The largest absolute Gasteiger partial charge is 0.323 e. The molecule has 1 aromatic carbocycles. The molecule has 0 radical (unpaired) electrons. The van der Waals surface area contributed by atoms with Crippen molar-refractivity contribution in [3.05, 3.63) is 28.8 Å². The maximum absolute atomic E-state index is 11.6. The number of amides is 1. The van der Waals surface area contributed by atoms with Crippen LogP contribution in [0.5, 0.6) is 0 Å². The van der Waals surface area contributed by atoms with E-state index in [-0.39, 0.29) is 5.88 Å². The lowest BCUT2D eigenvalue weighted by Gasteiger charge is -2.16. The summed E-state index contributed by atoms with van der Waals surface area (Å²) in [5, 5.41) is 3.18. The quantitative estimate of drug-likeness (QED) is 0.840. The third kappa shape index (κ3) is 3.42. The highest BCUT2D eigenvalue weighted by molar-refractivity contribution is 6.61. The molecule has 6 heteroatoms. The van der Waals surface area contributed by atoms with Gasteiger partial charge in [-0.25, -0.2) is 0 Å². The van der Waals surface area contributed by atoms with Crippen LogP contribution >= 0.6 is 46.4 Å². The van der Waals surface area contributed by atoms with Crippen LogP contribution in [0.3, 0.4) is 0 Å². The lowest BCUT2D eigenvalue weighted by molar-refractivity contribution is -0.116. The Morgan fingerprint density at radius 1 is 1.44 bits per heavy atom. The lowest BCUT2D eigenvalue weighted by atomic mass is 10.2. The van der Waals surface area contributed by atoms with E-state index >= 15 is 0 Å². The van der Waals surface area contributed by atoms with Gasteiger partial charge in [-0.3, -0.25) is 4.79 Å². The molecule has 0 fully saturated rings. The molecule has 2 nitrogen and oxygen atoms in total. The monoisotopic (exact) mass is 299 g/mol. The highest BCUT2D eigenvalue weighted by atomic mass is 35.5. The summed E-state index contributed by atoms with van der Waals surface area (Å²) < 4.78 is -1.63. The Labute approximate surface area is 114 Å². The second-order valence-corrected chi connectivity index (χ2v) is 5.44. The van der Waals surface area contributed by atoms with Crippen LogP contribution in [0.1, 0.15) is 5.56 Å². The summed E-state index contributed by atoms with van der Waals surface area (Å²) in [5.41, 5.74) is 1.42. The van der Waals surface area contributed by atoms with Crippen LogP contribution in [0, 0.1) is 6.92 Å². The van der Waals surface area contributed by atoms with Crippen molar-refractivity contribution in [3.63, 3.8) is 0 Å². The van der Waals surface area contributed by atoms with E-state index < -0.39 is 10.2 Å². The molecule has 1 aromatic rings. The number of aryl methyl sites for hydroxylation is 1. The Hall–Kier alpha value is -0.150. The number of halogens is 4. The van der Waals surface area contributed by atoms with E-state index in [1.807, 2.05) is 6.92 Å². The second kappa shape index (κ2) is 5.46. The van der Waals surface area contributed by atoms with E-state index in [1.54, 1.807) is 18.2 Å². The van der Waals surface area contributed by atoms with Crippen molar-refractivity contribution >= 4 is 58.0 Å². The summed E-state index contributed by atoms with van der Waals surface area (Å²) in [7, 11) is 0. The molecule has 0 atom stereocenters. The lowest BCUT2D eigenvalue weighted by Crippen LogP contribution is -2.34. The Kier molecular flexibility index (Phi) is 4.74. The van der Waals surface area contributed by atoms with Crippen molar-refractivity contribution in [2.75, 3.05) is 11.2 Å². The molecule has 0 heterocycles. The summed E-state index contributed by atoms with van der Waals surface area (Å²) in [4.78, 5) is 11.6. The molecule has 0 spiro atoms. The van der Waals surface area contributed by atoms with Gasteiger partial charge < -0.3 is 5.32 Å². The van der Waals surface area contributed by atoms with Gasteiger partial charge in [-0.2, -0.15) is 0 Å². The van der Waals surface area contributed by atoms with Crippen LogP contribution in [-0.2, 0) is 4.79 Å². The summed E-state index contributed by atoms with van der Waals surface area (Å²) in [6.45, 7) is 1.81. The number of carbonyl (C=O) groups is 1. The van der Waals surface area contributed by atoms with E-state index in [4.69, 9.17) is 46.4 Å². The van der Waals surface area contributed by atoms with Crippen LogP contribution in [0.15, 0.2) is 18.2 Å². The van der Waals surface area contributed by atoms with Crippen molar-refractivity contribution < 1.29 is 4.79 Å². The third-order valence-corrected chi connectivity index (χ3v) is 3.46.